The number of hydrogen-bond acceptors (Lipinski definition) is 1. The van der Waals surface area contributed by atoms with E-state index in [4.69, 9.17) is 0 Å². The van der Waals surface area contributed by atoms with E-state index in [2.05, 4.69) is 19.2 Å². The van der Waals surface area contributed by atoms with Crippen LogP contribution in [0.1, 0.15) is 33.1 Å². The smallest absolute Gasteiger partial charge is 0.00669 e. The van der Waals surface area contributed by atoms with Crippen molar-refractivity contribution in [3.63, 3.8) is 0 Å². The third-order valence-corrected chi connectivity index (χ3v) is 2.05. The first-order valence-corrected chi connectivity index (χ1v) is 4.08. The first-order valence-electron chi connectivity index (χ1n) is 4.08. The molecule has 1 N–H and O–H groups in total. The summed E-state index contributed by atoms with van der Waals surface area (Å²) in [5.74, 6) is 1.01. The van der Waals surface area contributed by atoms with Gasteiger partial charge < -0.3 is 5.32 Å². The Morgan fingerprint density at radius 1 is 1.56 bits per heavy atom. The Kier molecular flexibility index (Phi) is 2.52. The van der Waals surface area contributed by atoms with Crippen molar-refractivity contribution in [2.75, 3.05) is 6.54 Å². The highest BCUT2D eigenvalue weighted by Crippen LogP contribution is 2.32. The van der Waals surface area contributed by atoms with Crippen molar-refractivity contribution < 1.29 is 0 Å². The summed E-state index contributed by atoms with van der Waals surface area (Å²) >= 11 is 0. The fourth-order valence-corrected chi connectivity index (χ4v) is 1.13. The topological polar surface area (TPSA) is 12.0 Å². The predicted molar refractivity (Wildman–Crippen MR) is 40.5 cm³/mol. The monoisotopic (exact) mass is 127 g/mol. The zero-order chi connectivity index (χ0) is 6.69. The average molecular weight is 127 g/mol. The quantitative estimate of drug-likeness (QED) is 0.607. The molecule has 0 saturated heterocycles. The summed E-state index contributed by atoms with van der Waals surface area (Å²) in [5, 5.41) is 3.49. The number of rotatable bonds is 4. The molecule has 1 heteroatoms. The van der Waals surface area contributed by atoms with Crippen LogP contribution in [0.15, 0.2) is 0 Å². The van der Waals surface area contributed by atoms with Crippen LogP contribution >= 0.6 is 0 Å². The normalized spacial score (nSPS) is 22.0. The van der Waals surface area contributed by atoms with Crippen LogP contribution in [0.2, 0.25) is 0 Å². The Morgan fingerprint density at radius 3 is 2.67 bits per heavy atom. The van der Waals surface area contributed by atoms with Crippen molar-refractivity contribution in [2.45, 2.75) is 39.2 Å². The standard InChI is InChI=1S/C8H17N/c1-3-6-9-7(2)8-4-5-8/h7-9H,3-6H2,1-2H3/t7-/m0/s1. The Bertz CT molecular complexity index is 76.6. The second-order valence-electron chi connectivity index (χ2n) is 3.08. The molecule has 0 aromatic rings. The van der Waals surface area contributed by atoms with Crippen LogP contribution in [0, 0.1) is 5.92 Å². The van der Waals surface area contributed by atoms with E-state index in [1.807, 2.05) is 0 Å². The minimum atomic E-state index is 0.782. The van der Waals surface area contributed by atoms with E-state index in [0.29, 0.717) is 0 Å². The van der Waals surface area contributed by atoms with E-state index in [0.717, 1.165) is 12.0 Å². The molecule has 1 nitrogen and oxygen atoms in total. The lowest BCUT2D eigenvalue weighted by atomic mass is 10.2. The van der Waals surface area contributed by atoms with Crippen LogP contribution in [0.3, 0.4) is 0 Å². The van der Waals surface area contributed by atoms with Crippen molar-refractivity contribution >= 4 is 0 Å². The average Bonchev–Trinajstić information content (AvgIpc) is 2.63. The predicted octanol–water partition coefficient (Wildman–Crippen LogP) is 1.78. The van der Waals surface area contributed by atoms with Crippen molar-refractivity contribution in [1.82, 2.24) is 5.32 Å². The van der Waals surface area contributed by atoms with Gasteiger partial charge in [-0.15, -0.1) is 0 Å². The molecule has 0 aliphatic heterocycles. The summed E-state index contributed by atoms with van der Waals surface area (Å²) < 4.78 is 0. The Hall–Kier alpha value is -0.0400. The van der Waals surface area contributed by atoms with E-state index in [1.165, 1.54) is 25.8 Å². The molecule has 0 aromatic heterocycles. The second-order valence-corrected chi connectivity index (χ2v) is 3.08. The summed E-state index contributed by atoms with van der Waals surface area (Å²) in [4.78, 5) is 0. The summed E-state index contributed by atoms with van der Waals surface area (Å²) in [6.07, 6.45) is 4.17. The molecule has 0 aromatic carbocycles. The Morgan fingerprint density at radius 2 is 2.22 bits per heavy atom. The highest BCUT2D eigenvalue weighted by Gasteiger charge is 2.26. The van der Waals surface area contributed by atoms with Gasteiger partial charge in [0.25, 0.3) is 0 Å². The fourth-order valence-electron chi connectivity index (χ4n) is 1.13. The molecule has 1 rings (SSSR count). The van der Waals surface area contributed by atoms with Crippen LogP contribution < -0.4 is 5.32 Å². The minimum Gasteiger partial charge on any atom is -0.314 e. The van der Waals surface area contributed by atoms with E-state index in [9.17, 15) is 0 Å². The van der Waals surface area contributed by atoms with Crippen LogP contribution in [-0.2, 0) is 0 Å². The van der Waals surface area contributed by atoms with Gasteiger partial charge in [0.15, 0.2) is 0 Å². The first kappa shape index (κ1) is 7.07. The van der Waals surface area contributed by atoms with E-state index < -0.39 is 0 Å². The van der Waals surface area contributed by atoms with Crippen molar-refractivity contribution in [3.05, 3.63) is 0 Å². The minimum absolute atomic E-state index is 0.782. The van der Waals surface area contributed by atoms with Gasteiger partial charge in [-0.1, -0.05) is 6.92 Å². The molecule has 0 amide bonds. The third kappa shape index (κ3) is 2.35. The summed E-state index contributed by atoms with van der Waals surface area (Å²) in [6.45, 7) is 5.71. The van der Waals surface area contributed by atoms with E-state index >= 15 is 0 Å². The Labute approximate surface area is 57.8 Å². The molecule has 0 bridgehead atoms. The zero-order valence-electron chi connectivity index (χ0n) is 6.48. The van der Waals surface area contributed by atoms with Gasteiger partial charge in [0.1, 0.15) is 0 Å². The van der Waals surface area contributed by atoms with Crippen molar-refractivity contribution in [2.24, 2.45) is 5.92 Å². The molecule has 1 aliphatic rings. The summed E-state index contributed by atoms with van der Waals surface area (Å²) in [6, 6.07) is 0.782. The molecule has 1 atom stereocenters. The molecule has 1 saturated carbocycles. The lowest BCUT2D eigenvalue weighted by Gasteiger charge is -2.10. The van der Waals surface area contributed by atoms with Crippen molar-refractivity contribution in [1.29, 1.82) is 0 Å². The highest BCUT2D eigenvalue weighted by molar-refractivity contribution is 4.82. The van der Waals surface area contributed by atoms with Gasteiger partial charge in [0, 0.05) is 6.04 Å². The van der Waals surface area contributed by atoms with Crippen LogP contribution in [0.25, 0.3) is 0 Å². The number of hydrogen-bond donors (Lipinski definition) is 1. The van der Waals surface area contributed by atoms with Gasteiger partial charge in [-0.05, 0) is 38.6 Å². The molecular weight excluding hydrogens is 110 g/mol. The van der Waals surface area contributed by atoms with Gasteiger partial charge in [0.2, 0.25) is 0 Å². The third-order valence-electron chi connectivity index (χ3n) is 2.05. The first-order chi connectivity index (χ1) is 4.34. The molecule has 1 aliphatic carbocycles. The Balaban J connectivity index is 1.96. The SMILES string of the molecule is CCCN[C@@H](C)C1CC1. The zero-order valence-corrected chi connectivity index (χ0v) is 6.48. The largest absolute Gasteiger partial charge is 0.314 e. The molecular formula is C8H17N. The lowest BCUT2D eigenvalue weighted by Crippen LogP contribution is -2.28. The van der Waals surface area contributed by atoms with Gasteiger partial charge in [-0.3, -0.25) is 0 Å². The van der Waals surface area contributed by atoms with Gasteiger partial charge in [-0.25, -0.2) is 0 Å². The molecule has 0 spiro atoms. The summed E-state index contributed by atoms with van der Waals surface area (Å²) in [5.41, 5.74) is 0. The second kappa shape index (κ2) is 3.21. The molecule has 1 fully saturated rings. The van der Waals surface area contributed by atoms with Crippen LogP contribution in [0.4, 0.5) is 0 Å². The van der Waals surface area contributed by atoms with E-state index in [1.54, 1.807) is 0 Å². The van der Waals surface area contributed by atoms with Gasteiger partial charge in [-0.2, -0.15) is 0 Å². The van der Waals surface area contributed by atoms with Crippen LogP contribution in [0.5, 0.6) is 0 Å². The maximum atomic E-state index is 3.49. The van der Waals surface area contributed by atoms with Crippen LogP contribution in [-0.4, -0.2) is 12.6 Å². The highest BCUT2D eigenvalue weighted by atomic mass is 14.9. The van der Waals surface area contributed by atoms with Gasteiger partial charge in [0.05, 0.1) is 0 Å². The van der Waals surface area contributed by atoms with Gasteiger partial charge >= 0.3 is 0 Å². The molecule has 9 heavy (non-hydrogen) atoms. The summed E-state index contributed by atoms with van der Waals surface area (Å²) in [7, 11) is 0. The lowest BCUT2D eigenvalue weighted by molar-refractivity contribution is 0.496. The molecule has 0 unspecified atom stereocenters. The molecule has 54 valence electrons. The fraction of sp³-hybridized carbons (Fsp3) is 1.00. The van der Waals surface area contributed by atoms with Crippen molar-refractivity contribution in [3.8, 4) is 0 Å². The van der Waals surface area contributed by atoms with E-state index in [-0.39, 0.29) is 0 Å². The number of nitrogens with one attached hydrogen (secondary N) is 1. The maximum absolute atomic E-state index is 3.49. The molecule has 0 radical (unpaired) electrons. The maximum Gasteiger partial charge on any atom is 0.00669 e. The molecule has 0 heterocycles.